The van der Waals surface area contributed by atoms with Gasteiger partial charge in [-0.05, 0) is 45.8 Å². The van der Waals surface area contributed by atoms with Crippen LogP contribution in [0.4, 0.5) is 15.8 Å². The molecule has 3 rings (SSSR count). The van der Waals surface area contributed by atoms with Crippen molar-refractivity contribution in [1.82, 2.24) is 0 Å². The summed E-state index contributed by atoms with van der Waals surface area (Å²) in [6.45, 7) is 0.560. The van der Waals surface area contributed by atoms with Gasteiger partial charge in [0, 0.05) is 17.9 Å². The molecule has 102 valence electrons. The normalized spacial score (nSPS) is 16.4. The second-order valence-corrected chi connectivity index (χ2v) is 5.49. The molecule has 1 heterocycles. The van der Waals surface area contributed by atoms with Crippen LogP contribution in [0.1, 0.15) is 11.5 Å². The third-order valence-corrected chi connectivity index (χ3v) is 3.98. The molecule has 0 saturated carbocycles. The number of hydrogen-bond acceptors (Lipinski definition) is 2. The van der Waals surface area contributed by atoms with Gasteiger partial charge in [-0.25, -0.2) is 4.39 Å². The third-order valence-electron chi connectivity index (χ3n) is 3.34. The largest absolute Gasteiger partial charge is 0.384 e. The molecule has 1 unspecified atom stereocenters. The lowest BCUT2D eigenvalue weighted by molar-refractivity contribution is -0.117. The maximum atomic E-state index is 13.4. The van der Waals surface area contributed by atoms with Crippen LogP contribution in [0.15, 0.2) is 46.9 Å². The Morgan fingerprint density at radius 1 is 1.30 bits per heavy atom. The molecule has 0 saturated heterocycles. The molecule has 0 radical (unpaired) electrons. The fourth-order valence-electron chi connectivity index (χ4n) is 2.32. The summed E-state index contributed by atoms with van der Waals surface area (Å²) in [6, 6.07) is 12.3. The summed E-state index contributed by atoms with van der Waals surface area (Å²) in [6.07, 6.45) is 0. The molecular formula is C15H12BrFN2O. The highest BCUT2D eigenvalue weighted by Gasteiger charge is 2.28. The van der Waals surface area contributed by atoms with Crippen molar-refractivity contribution in [2.24, 2.45) is 0 Å². The van der Waals surface area contributed by atoms with Crippen LogP contribution in [0, 0.1) is 5.82 Å². The lowest BCUT2D eigenvalue weighted by atomic mass is 10.0. The summed E-state index contributed by atoms with van der Waals surface area (Å²) < 4.78 is 13.8. The molecule has 0 spiro atoms. The van der Waals surface area contributed by atoms with Crippen molar-refractivity contribution in [1.29, 1.82) is 0 Å². The van der Waals surface area contributed by atoms with Crippen LogP contribution in [0.5, 0.6) is 0 Å². The number of rotatable bonds is 2. The Morgan fingerprint density at radius 2 is 2.10 bits per heavy atom. The monoisotopic (exact) mass is 334 g/mol. The van der Waals surface area contributed by atoms with Crippen LogP contribution in [0.25, 0.3) is 0 Å². The van der Waals surface area contributed by atoms with E-state index in [4.69, 9.17) is 0 Å². The number of benzene rings is 2. The maximum Gasteiger partial charge on any atom is 0.233 e. The Hall–Kier alpha value is -1.88. The summed E-state index contributed by atoms with van der Waals surface area (Å²) in [5, 5.41) is 5.95. The van der Waals surface area contributed by atoms with Crippen molar-refractivity contribution in [3.63, 3.8) is 0 Å². The van der Waals surface area contributed by atoms with Gasteiger partial charge in [0.05, 0.1) is 10.4 Å². The summed E-state index contributed by atoms with van der Waals surface area (Å²) in [4.78, 5) is 12.3. The highest BCUT2D eigenvalue weighted by atomic mass is 79.9. The number of carbonyl (C=O) groups is 1. The zero-order valence-electron chi connectivity index (χ0n) is 10.5. The van der Waals surface area contributed by atoms with E-state index in [0.29, 0.717) is 16.7 Å². The smallest absolute Gasteiger partial charge is 0.233 e. The molecule has 1 aliphatic rings. The first-order valence-electron chi connectivity index (χ1n) is 6.24. The average molecular weight is 335 g/mol. The number of carbonyl (C=O) groups excluding carboxylic acids is 1. The van der Waals surface area contributed by atoms with Gasteiger partial charge in [0.15, 0.2) is 0 Å². The molecule has 0 bridgehead atoms. The van der Waals surface area contributed by atoms with E-state index < -0.39 is 5.82 Å². The SMILES string of the molecule is O=C(Nc1ccc(Br)c(F)c1)C1CNc2ccccc21. The van der Waals surface area contributed by atoms with Crippen LogP contribution >= 0.6 is 15.9 Å². The second kappa shape index (κ2) is 5.25. The number of halogens is 2. The Balaban J connectivity index is 1.79. The molecule has 2 aromatic carbocycles. The van der Waals surface area contributed by atoms with Crippen LogP contribution in [0.2, 0.25) is 0 Å². The minimum Gasteiger partial charge on any atom is -0.384 e. The molecule has 2 aromatic rings. The topological polar surface area (TPSA) is 41.1 Å². The van der Waals surface area contributed by atoms with Gasteiger partial charge in [0.25, 0.3) is 0 Å². The van der Waals surface area contributed by atoms with Crippen molar-refractivity contribution < 1.29 is 9.18 Å². The van der Waals surface area contributed by atoms with Gasteiger partial charge >= 0.3 is 0 Å². The Morgan fingerprint density at radius 3 is 2.90 bits per heavy atom. The van der Waals surface area contributed by atoms with Gasteiger partial charge in [-0.1, -0.05) is 18.2 Å². The summed E-state index contributed by atoms with van der Waals surface area (Å²) in [5.74, 6) is -0.783. The van der Waals surface area contributed by atoms with E-state index in [1.807, 2.05) is 24.3 Å². The zero-order chi connectivity index (χ0) is 14.1. The van der Waals surface area contributed by atoms with Crippen molar-refractivity contribution in [3.8, 4) is 0 Å². The number of hydrogen-bond donors (Lipinski definition) is 2. The number of amides is 1. The predicted octanol–water partition coefficient (Wildman–Crippen LogP) is 3.74. The fourth-order valence-corrected chi connectivity index (χ4v) is 2.57. The molecule has 0 fully saturated rings. The summed E-state index contributed by atoms with van der Waals surface area (Å²) in [5.41, 5.74) is 2.41. The van der Waals surface area contributed by atoms with E-state index in [1.165, 1.54) is 6.07 Å². The lowest BCUT2D eigenvalue weighted by Gasteiger charge is -2.11. The summed E-state index contributed by atoms with van der Waals surface area (Å²) >= 11 is 3.09. The Bertz CT molecular complexity index is 675. The Kier molecular flexibility index (Phi) is 3.44. The van der Waals surface area contributed by atoms with E-state index >= 15 is 0 Å². The van der Waals surface area contributed by atoms with Crippen LogP contribution in [-0.4, -0.2) is 12.5 Å². The predicted molar refractivity (Wildman–Crippen MR) is 80.4 cm³/mol. The lowest BCUT2D eigenvalue weighted by Crippen LogP contribution is -2.22. The van der Waals surface area contributed by atoms with E-state index in [1.54, 1.807) is 12.1 Å². The van der Waals surface area contributed by atoms with Crippen molar-refractivity contribution in [2.75, 3.05) is 17.2 Å². The molecule has 3 nitrogen and oxygen atoms in total. The second-order valence-electron chi connectivity index (χ2n) is 4.64. The highest BCUT2D eigenvalue weighted by Crippen LogP contribution is 2.32. The van der Waals surface area contributed by atoms with E-state index in [0.717, 1.165) is 11.3 Å². The van der Waals surface area contributed by atoms with Gasteiger partial charge in [0.2, 0.25) is 5.91 Å². The quantitative estimate of drug-likeness (QED) is 0.878. The average Bonchev–Trinajstić information content (AvgIpc) is 2.87. The molecule has 0 aliphatic carbocycles. The van der Waals surface area contributed by atoms with E-state index in [9.17, 15) is 9.18 Å². The standard InChI is InChI=1S/C15H12BrFN2O/c16-12-6-5-9(7-13(12)17)19-15(20)11-8-18-14-4-2-1-3-10(11)14/h1-7,11,18H,8H2,(H,19,20). The van der Waals surface area contributed by atoms with Crippen LogP contribution in [-0.2, 0) is 4.79 Å². The minimum atomic E-state index is -0.396. The molecule has 1 atom stereocenters. The van der Waals surface area contributed by atoms with Crippen LogP contribution in [0.3, 0.4) is 0 Å². The molecule has 1 aliphatic heterocycles. The van der Waals surface area contributed by atoms with Gasteiger partial charge in [-0.2, -0.15) is 0 Å². The van der Waals surface area contributed by atoms with Gasteiger partial charge in [-0.15, -0.1) is 0 Å². The van der Waals surface area contributed by atoms with Gasteiger partial charge < -0.3 is 10.6 Å². The molecule has 5 heteroatoms. The Labute approximate surface area is 124 Å². The molecular weight excluding hydrogens is 323 g/mol. The van der Waals surface area contributed by atoms with Crippen molar-refractivity contribution in [3.05, 3.63) is 58.3 Å². The fraction of sp³-hybridized carbons (Fsp3) is 0.133. The number of anilines is 2. The molecule has 20 heavy (non-hydrogen) atoms. The first-order valence-corrected chi connectivity index (χ1v) is 7.03. The molecule has 0 aromatic heterocycles. The maximum absolute atomic E-state index is 13.4. The van der Waals surface area contributed by atoms with Crippen LogP contribution < -0.4 is 10.6 Å². The molecule has 2 N–H and O–H groups in total. The third kappa shape index (κ3) is 2.41. The van der Waals surface area contributed by atoms with Crippen molar-refractivity contribution >= 4 is 33.2 Å². The number of nitrogens with one attached hydrogen (secondary N) is 2. The highest BCUT2D eigenvalue weighted by molar-refractivity contribution is 9.10. The number of fused-ring (bicyclic) bond motifs is 1. The molecule has 1 amide bonds. The first-order chi connectivity index (χ1) is 9.65. The summed E-state index contributed by atoms with van der Waals surface area (Å²) in [7, 11) is 0. The van der Waals surface area contributed by atoms with E-state index in [2.05, 4.69) is 26.6 Å². The van der Waals surface area contributed by atoms with Gasteiger partial charge in [-0.3, -0.25) is 4.79 Å². The number of para-hydroxylation sites is 1. The first kappa shape index (κ1) is 13.1. The van der Waals surface area contributed by atoms with Gasteiger partial charge in [0.1, 0.15) is 5.82 Å². The van der Waals surface area contributed by atoms with Crippen molar-refractivity contribution in [2.45, 2.75) is 5.92 Å². The van der Waals surface area contributed by atoms with E-state index in [-0.39, 0.29) is 11.8 Å². The minimum absolute atomic E-state index is 0.135. The zero-order valence-corrected chi connectivity index (χ0v) is 12.1.